The van der Waals surface area contributed by atoms with Gasteiger partial charge < -0.3 is 25.4 Å². The summed E-state index contributed by atoms with van der Waals surface area (Å²) in [6, 6.07) is 9.54. The molecule has 1 aliphatic heterocycles. The minimum Gasteiger partial charge on any atom is -0.507 e. The third-order valence-corrected chi connectivity index (χ3v) is 6.55. The van der Waals surface area contributed by atoms with Crippen molar-refractivity contribution >= 4 is 17.5 Å². The summed E-state index contributed by atoms with van der Waals surface area (Å²) in [7, 11) is 3.90. The average Bonchev–Trinajstić information content (AvgIpc) is 3.37. The number of aromatic hydroxyl groups is 1. The highest BCUT2D eigenvalue weighted by molar-refractivity contribution is 5.89. The van der Waals surface area contributed by atoms with Crippen LogP contribution < -0.4 is 10.6 Å². The summed E-state index contributed by atoms with van der Waals surface area (Å²) >= 11 is 0. The lowest BCUT2D eigenvalue weighted by Gasteiger charge is -2.24. The van der Waals surface area contributed by atoms with Crippen LogP contribution in [0.15, 0.2) is 35.3 Å². The number of aryl methyl sites for hydroxylation is 1. The highest BCUT2D eigenvalue weighted by Crippen LogP contribution is 2.36. The van der Waals surface area contributed by atoms with E-state index in [0.29, 0.717) is 17.9 Å². The number of phenols is 1. The van der Waals surface area contributed by atoms with Gasteiger partial charge >= 0.3 is 5.97 Å². The predicted molar refractivity (Wildman–Crippen MR) is 159 cm³/mol. The summed E-state index contributed by atoms with van der Waals surface area (Å²) in [5.74, 6) is 1.21. The Morgan fingerprint density at radius 3 is 2.42 bits per heavy atom. The molecule has 0 spiro atoms. The molecule has 0 aromatic heterocycles. The van der Waals surface area contributed by atoms with Crippen LogP contribution in [0.5, 0.6) is 5.75 Å². The minimum absolute atomic E-state index is 0.0404. The van der Waals surface area contributed by atoms with E-state index in [0.717, 1.165) is 61.7 Å². The van der Waals surface area contributed by atoms with Crippen molar-refractivity contribution in [2.75, 3.05) is 52.2 Å². The number of ether oxygens (including phenoxy) is 1. The Labute approximate surface area is 229 Å². The number of carbonyl (C=O) groups excluding carboxylic acids is 1. The molecule has 0 radical (unpaired) electrons. The molecule has 0 fully saturated rings. The highest BCUT2D eigenvalue weighted by Gasteiger charge is 2.22. The molecule has 0 saturated carbocycles. The molecule has 0 amide bonds. The van der Waals surface area contributed by atoms with Gasteiger partial charge in [-0.3, -0.25) is 4.99 Å². The fourth-order valence-electron chi connectivity index (χ4n) is 4.13. The molecule has 2 aromatic rings. The van der Waals surface area contributed by atoms with Crippen molar-refractivity contribution < 1.29 is 14.6 Å². The Morgan fingerprint density at radius 2 is 1.87 bits per heavy atom. The number of anilines is 1. The molecule has 1 aliphatic rings. The van der Waals surface area contributed by atoms with Crippen molar-refractivity contribution in [2.45, 2.75) is 66.2 Å². The third-order valence-electron chi connectivity index (χ3n) is 6.55. The number of rotatable bonds is 10. The van der Waals surface area contributed by atoms with E-state index in [1.54, 1.807) is 12.1 Å². The largest absolute Gasteiger partial charge is 0.507 e. The number of phenolic OH excluding ortho intramolecular Hbond substituents is 1. The number of hydrogen-bond acceptors (Lipinski definition) is 7. The van der Waals surface area contributed by atoms with Gasteiger partial charge in [-0.15, -0.1) is 0 Å². The van der Waals surface area contributed by atoms with Crippen LogP contribution in [0, 0.1) is 13.8 Å². The molecule has 3 N–H and O–H groups in total. The van der Waals surface area contributed by atoms with E-state index in [4.69, 9.17) is 4.74 Å². The summed E-state index contributed by atoms with van der Waals surface area (Å²) in [5, 5.41) is 17.1. The van der Waals surface area contributed by atoms with Gasteiger partial charge in [-0.2, -0.15) is 0 Å². The van der Waals surface area contributed by atoms with Gasteiger partial charge in [-0.1, -0.05) is 40.2 Å². The first kappa shape index (κ1) is 31.2. The number of nitrogens with zero attached hydrogens (tertiary/aromatic N) is 2. The van der Waals surface area contributed by atoms with Crippen LogP contribution in [0.3, 0.4) is 0 Å². The zero-order chi connectivity index (χ0) is 28.3. The lowest BCUT2D eigenvalue weighted by Crippen LogP contribution is -2.22. The van der Waals surface area contributed by atoms with Gasteiger partial charge in [0, 0.05) is 31.7 Å². The van der Waals surface area contributed by atoms with Gasteiger partial charge in [0.2, 0.25) is 0 Å². The molecule has 0 aliphatic carbocycles. The lowest BCUT2D eigenvalue weighted by molar-refractivity contribution is 0.0482. The van der Waals surface area contributed by atoms with Crippen LogP contribution in [0.1, 0.15) is 73.1 Å². The van der Waals surface area contributed by atoms with Gasteiger partial charge in [0.25, 0.3) is 0 Å². The SMILES string of the molecule is CCCCNc1ccc(C(=O)OCCN(C)C)cc1.Cc1cc(C(C)(C)C)c(O)c(C)c1CC1=NCCN1. The van der Waals surface area contributed by atoms with Crippen LogP contribution in [-0.4, -0.2) is 68.7 Å². The molecular formula is C31H48N4O3. The summed E-state index contributed by atoms with van der Waals surface area (Å²) < 4.78 is 5.18. The summed E-state index contributed by atoms with van der Waals surface area (Å²) in [6.45, 7) is 16.6. The number of nitrogens with one attached hydrogen (secondary N) is 2. The number of amidine groups is 1. The Hall–Kier alpha value is -3.06. The van der Waals surface area contributed by atoms with Gasteiger partial charge in [0.15, 0.2) is 0 Å². The van der Waals surface area contributed by atoms with E-state index < -0.39 is 0 Å². The van der Waals surface area contributed by atoms with Crippen molar-refractivity contribution in [3.63, 3.8) is 0 Å². The van der Waals surface area contributed by atoms with Crippen molar-refractivity contribution in [1.29, 1.82) is 0 Å². The summed E-state index contributed by atoms with van der Waals surface area (Å²) in [5.41, 5.74) is 6.03. The zero-order valence-corrected chi connectivity index (χ0v) is 24.7. The molecule has 0 unspecified atom stereocenters. The quantitative estimate of drug-likeness (QED) is 0.282. The fraction of sp³-hybridized carbons (Fsp3) is 0.548. The minimum atomic E-state index is -0.262. The molecule has 3 rings (SSSR count). The maximum absolute atomic E-state index is 11.7. The molecule has 0 bridgehead atoms. The van der Waals surface area contributed by atoms with Crippen LogP contribution in [0.4, 0.5) is 5.69 Å². The van der Waals surface area contributed by atoms with E-state index >= 15 is 0 Å². The summed E-state index contributed by atoms with van der Waals surface area (Å²) in [4.78, 5) is 18.2. The number of hydrogen-bond donors (Lipinski definition) is 3. The first-order chi connectivity index (χ1) is 17.9. The maximum Gasteiger partial charge on any atom is 0.338 e. The van der Waals surface area contributed by atoms with Gasteiger partial charge in [0.1, 0.15) is 18.2 Å². The molecule has 0 saturated heterocycles. The average molecular weight is 525 g/mol. The second kappa shape index (κ2) is 14.8. The molecular weight excluding hydrogens is 476 g/mol. The number of unbranched alkanes of at least 4 members (excludes halogenated alkanes) is 1. The molecule has 7 nitrogen and oxygen atoms in total. The molecule has 210 valence electrons. The number of aliphatic imine (C=N–C) groups is 1. The molecule has 7 heteroatoms. The fourth-order valence-corrected chi connectivity index (χ4v) is 4.13. The van der Waals surface area contributed by atoms with Crippen LogP contribution >= 0.6 is 0 Å². The first-order valence-electron chi connectivity index (χ1n) is 13.7. The molecule has 1 heterocycles. The summed E-state index contributed by atoms with van der Waals surface area (Å²) in [6.07, 6.45) is 3.10. The normalized spacial score (nSPS) is 12.9. The Kier molecular flexibility index (Phi) is 12.1. The van der Waals surface area contributed by atoms with Gasteiger partial charge in [-0.25, -0.2) is 4.79 Å². The first-order valence-corrected chi connectivity index (χ1v) is 13.7. The highest BCUT2D eigenvalue weighted by atomic mass is 16.5. The molecule has 38 heavy (non-hydrogen) atoms. The van der Waals surface area contributed by atoms with Crippen molar-refractivity contribution in [3.8, 4) is 5.75 Å². The number of esters is 1. The Morgan fingerprint density at radius 1 is 1.18 bits per heavy atom. The monoisotopic (exact) mass is 524 g/mol. The smallest absolute Gasteiger partial charge is 0.338 e. The Bertz CT molecular complexity index is 1070. The van der Waals surface area contributed by atoms with E-state index in [9.17, 15) is 9.90 Å². The topological polar surface area (TPSA) is 86.2 Å². The second-order valence-electron chi connectivity index (χ2n) is 11.2. The number of carbonyl (C=O) groups is 1. The maximum atomic E-state index is 11.7. The standard InChI is InChI=1S/C16H24N2O.C15H24N2O2/c1-10-8-13(16(3,4)5)15(19)11(2)12(10)9-14-17-6-7-18-14;1-4-5-10-16-14-8-6-13(7-9-14)15(18)19-12-11-17(2)3/h8,19H,6-7,9H2,1-5H3,(H,17,18);6-9,16H,4-5,10-12H2,1-3H3. The lowest BCUT2D eigenvalue weighted by atomic mass is 9.82. The van der Waals surface area contributed by atoms with Crippen LogP contribution in [0.25, 0.3) is 0 Å². The Balaban J connectivity index is 0.000000267. The number of likely N-dealkylation sites (N-methyl/N-ethyl adjacent to an activating group) is 1. The van der Waals surface area contributed by atoms with E-state index in [-0.39, 0.29) is 11.4 Å². The molecule has 0 atom stereocenters. The van der Waals surface area contributed by atoms with E-state index in [1.807, 2.05) is 38.1 Å². The third kappa shape index (κ3) is 9.67. The van der Waals surface area contributed by atoms with Crippen molar-refractivity contribution in [1.82, 2.24) is 10.2 Å². The van der Waals surface area contributed by atoms with Crippen molar-refractivity contribution in [2.24, 2.45) is 4.99 Å². The zero-order valence-electron chi connectivity index (χ0n) is 24.7. The van der Waals surface area contributed by atoms with E-state index in [2.05, 4.69) is 56.3 Å². The second-order valence-corrected chi connectivity index (χ2v) is 11.2. The van der Waals surface area contributed by atoms with Crippen molar-refractivity contribution in [3.05, 3.63) is 58.1 Å². The number of benzene rings is 2. The van der Waals surface area contributed by atoms with E-state index in [1.165, 1.54) is 17.5 Å². The van der Waals surface area contributed by atoms with Gasteiger partial charge in [-0.05, 0) is 86.3 Å². The molecule has 2 aromatic carbocycles. The van der Waals surface area contributed by atoms with Crippen LogP contribution in [-0.2, 0) is 16.6 Å². The predicted octanol–water partition coefficient (Wildman–Crippen LogP) is 5.47. The van der Waals surface area contributed by atoms with Crippen LogP contribution in [0.2, 0.25) is 0 Å². The van der Waals surface area contributed by atoms with Gasteiger partial charge in [0.05, 0.1) is 12.1 Å².